The summed E-state index contributed by atoms with van der Waals surface area (Å²) in [5.74, 6) is -0.704. The maximum Gasteiger partial charge on any atom is 0.253 e. The molecule has 2 heterocycles. The number of piperidine rings is 1. The Morgan fingerprint density at radius 2 is 1.80 bits per heavy atom. The minimum Gasteiger partial charge on any atom is -0.383 e. The standard InChI is InChI=1S/C36H35F2N3O3/c1-22-18-24(20-32-33(22)34-29(4-3-5-31(34)40-32)35(42)39-14-17-44-2)19-23-12-15-41(16-13-23)36(43)26-8-6-25(7-9-26)28-11-10-27(37)21-30(28)38/h3-11,18,20-21,23-24H,12-17,19H2,1-2H3,(H,39,42). The molecule has 3 aliphatic rings. The fraction of sp³-hybridized carbons (Fsp3) is 0.306. The molecule has 1 aliphatic carbocycles. The van der Waals surface area contributed by atoms with E-state index in [0.717, 1.165) is 52.7 Å². The smallest absolute Gasteiger partial charge is 0.253 e. The van der Waals surface area contributed by atoms with Gasteiger partial charge >= 0.3 is 0 Å². The molecule has 1 saturated heterocycles. The first kappa shape index (κ1) is 29.6. The molecule has 1 N–H and O–H groups in total. The van der Waals surface area contributed by atoms with Crippen LogP contribution in [-0.2, 0) is 4.74 Å². The van der Waals surface area contributed by atoms with Crippen molar-refractivity contribution in [1.29, 1.82) is 0 Å². The van der Waals surface area contributed by atoms with Gasteiger partial charge in [-0.05, 0) is 85.6 Å². The zero-order valence-corrected chi connectivity index (χ0v) is 24.9. The molecule has 0 radical (unpaired) electrons. The van der Waals surface area contributed by atoms with E-state index < -0.39 is 11.6 Å². The normalized spacial score (nSPS) is 17.8. The van der Waals surface area contributed by atoms with Crippen LogP contribution in [0.15, 0.2) is 89.1 Å². The number of hydrogen-bond donors (Lipinski definition) is 1. The molecule has 3 aromatic rings. The molecule has 1 unspecified atom stereocenters. The van der Waals surface area contributed by atoms with Crippen molar-refractivity contribution in [3.05, 3.63) is 117 Å². The van der Waals surface area contributed by atoms with Crippen LogP contribution >= 0.6 is 0 Å². The van der Waals surface area contributed by atoms with Gasteiger partial charge in [0.15, 0.2) is 0 Å². The van der Waals surface area contributed by atoms with Crippen molar-refractivity contribution in [2.45, 2.75) is 26.2 Å². The van der Waals surface area contributed by atoms with Gasteiger partial charge in [-0.3, -0.25) is 9.59 Å². The number of likely N-dealkylation sites (tertiary alicyclic amines) is 1. The van der Waals surface area contributed by atoms with Gasteiger partial charge in [0.05, 0.1) is 17.7 Å². The second kappa shape index (κ2) is 12.7. The van der Waals surface area contributed by atoms with Crippen molar-refractivity contribution in [3.63, 3.8) is 0 Å². The summed E-state index contributed by atoms with van der Waals surface area (Å²) in [6, 6.07) is 16.0. The number of hydrogen-bond acceptors (Lipinski definition) is 4. The molecule has 6 rings (SSSR count). The van der Waals surface area contributed by atoms with Crippen LogP contribution in [0.1, 0.15) is 46.9 Å². The Balaban J connectivity index is 1.09. The lowest BCUT2D eigenvalue weighted by Crippen LogP contribution is -2.38. The summed E-state index contributed by atoms with van der Waals surface area (Å²) < 4.78 is 32.5. The highest BCUT2D eigenvalue weighted by Crippen LogP contribution is 2.35. The highest BCUT2D eigenvalue weighted by molar-refractivity contribution is 5.97. The summed E-state index contributed by atoms with van der Waals surface area (Å²) >= 11 is 0. The Labute approximate surface area is 255 Å². The third-order valence-corrected chi connectivity index (χ3v) is 8.74. The van der Waals surface area contributed by atoms with Gasteiger partial charge in [0, 0.05) is 60.3 Å². The average molecular weight is 596 g/mol. The van der Waals surface area contributed by atoms with Crippen molar-refractivity contribution in [1.82, 2.24) is 10.2 Å². The van der Waals surface area contributed by atoms with Crippen molar-refractivity contribution in [2.75, 3.05) is 33.4 Å². The SMILES string of the molecule is COCCNC(=O)c1cccc2c1=C1C(C)=CC(CC3CCN(C(=O)c4ccc(-c5ccc(F)cc5F)cc4)CC3)C=C1N=2. The van der Waals surface area contributed by atoms with Crippen LogP contribution in [0.2, 0.25) is 0 Å². The number of ether oxygens (including phenoxy) is 1. The Morgan fingerprint density at radius 3 is 2.52 bits per heavy atom. The molecule has 0 saturated carbocycles. The van der Waals surface area contributed by atoms with Crippen LogP contribution in [0.5, 0.6) is 0 Å². The third kappa shape index (κ3) is 5.99. The number of fused-ring (bicyclic) bond motifs is 2. The molecule has 1 fully saturated rings. The number of amides is 2. The lowest BCUT2D eigenvalue weighted by molar-refractivity contribution is 0.0684. The fourth-order valence-electron chi connectivity index (χ4n) is 6.53. The van der Waals surface area contributed by atoms with E-state index >= 15 is 0 Å². The summed E-state index contributed by atoms with van der Waals surface area (Å²) in [4.78, 5) is 32.9. The van der Waals surface area contributed by atoms with Crippen molar-refractivity contribution in [2.24, 2.45) is 16.8 Å². The fourth-order valence-corrected chi connectivity index (χ4v) is 6.53. The van der Waals surface area contributed by atoms with Crippen LogP contribution in [0.25, 0.3) is 16.7 Å². The second-order valence-electron chi connectivity index (χ2n) is 11.7. The van der Waals surface area contributed by atoms with Gasteiger partial charge in [0.2, 0.25) is 0 Å². The topological polar surface area (TPSA) is 71.0 Å². The van der Waals surface area contributed by atoms with E-state index in [1.54, 1.807) is 31.4 Å². The molecule has 3 aromatic carbocycles. The van der Waals surface area contributed by atoms with Gasteiger partial charge in [0.1, 0.15) is 11.6 Å². The van der Waals surface area contributed by atoms with Gasteiger partial charge in [-0.15, -0.1) is 0 Å². The number of rotatable bonds is 8. The molecule has 1 atom stereocenters. The second-order valence-corrected chi connectivity index (χ2v) is 11.7. The van der Waals surface area contributed by atoms with E-state index in [1.165, 1.54) is 12.1 Å². The maximum absolute atomic E-state index is 14.2. The minimum absolute atomic E-state index is 0.0334. The lowest BCUT2D eigenvalue weighted by atomic mass is 9.82. The van der Waals surface area contributed by atoms with Crippen molar-refractivity contribution in [3.8, 4) is 11.1 Å². The molecule has 0 aromatic heterocycles. The summed E-state index contributed by atoms with van der Waals surface area (Å²) in [6.45, 7) is 4.35. The first-order valence-electron chi connectivity index (χ1n) is 15.1. The summed E-state index contributed by atoms with van der Waals surface area (Å²) in [7, 11) is 1.61. The largest absolute Gasteiger partial charge is 0.383 e. The van der Waals surface area contributed by atoms with Crippen LogP contribution in [0, 0.1) is 23.5 Å². The van der Waals surface area contributed by atoms with E-state index in [2.05, 4.69) is 24.4 Å². The number of benzene rings is 3. The van der Waals surface area contributed by atoms with Gasteiger partial charge < -0.3 is 15.0 Å². The number of nitrogens with zero attached hydrogens (tertiary/aromatic N) is 2. The summed E-state index contributed by atoms with van der Waals surface area (Å²) in [5.41, 5.74) is 5.17. The number of carbonyl (C=O) groups excluding carboxylic acids is 2. The molecular formula is C36H35F2N3O3. The molecule has 0 bridgehead atoms. The van der Waals surface area contributed by atoms with E-state index in [1.807, 2.05) is 23.1 Å². The number of halogens is 2. The van der Waals surface area contributed by atoms with E-state index in [4.69, 9.17) is 9.73 Å². The van der Waals surface area contributed by atoms with Gasteiger partial charge in [0.25, 0.3) is 11.8 Å². The van der Waals surface area contributed by atoms with Gasteiger partial charge in [-0.2, -0.15) is 0 Å². The molecule has 6 nitrogen and oxygen atoms in total. The van der Waals surface area contributed by atoms with Crippen LogP contribution in [0.3, 0.4) is 0 Å². The van der Waals surface area contributed by atoms with E-state index in [0.29, 0.717) is 54.4 Å². The quantitative estimate of drug-likeness (QED) is 0.365. The Kier molecular flexibility index (Phi) is 8.53. The third-order valence-electron chi connectivity index (χ3n) is 8.74. The zero-order valence-electron chi connectivity index (χ0n) is 24.9. The summed E-state index contributed by atoms with van der Waals surface area (Å²) in [5, 5.41) is 4.64. The van der Waals surface area contributed by atoms with Crippen molar-refractivity contribution < 1.29 is 23.1 Å². The highest BCUT2D eigenvalue weighted by Gasteiger charge is 2.28. The van der Waals surface area contributed by atoms with E-state index in [9.17, 15) is 18.4 Å². The minimum atomic E-state index is -0.629. The number of carbonyl (C=O) groups is 2. The number of allylic oxidation sites excluding steroid dienone is 3. The number of nitrogens with one attached hydrogen (secondary N) is 1. The van der Waals surface area contributed by atoms with Crippen LogP contribution < -0.4 is 15.9 Å². The first-order valence-corrected chi connectivity index (χ1v) is 15.1. The Bertz CT molecular complexity index is 1790. The predicted molar refractivity (Wildman–Crippen MR) is 165 cm³/mol. The van der Waals surface area contributed by atoms with Crippen molar-refractivity contribution >= 4 is 17.4 Å². The monoisotopic (exact) mass is 595 g/mol. The molecule has 44 heavy (non-hydrogen) atoms. The molecule has 2 aliphatic heterocycles. The van der Waals surface area contributed by atoms with E-state index in [-0.39, 0.29) is 17.7 Å². The molecular weight excluding hydrogens is 560 g/mol. The molecule has 226 valence electrons. The maximum atomic E-state index is 14.2. The Morgan fingerprint density at radius 1 is 1.02 bits per heavy atom. The first-order chi connectivity index (χ1) is 21.3. The molecule has 0 spiro atoms. The van der Waals surface area contributed by atoms with Gasteiger partial charge in [-0.1, -0.05) is 30.4 Å². The zero-order chi connectivity index (χ0) is 30.8. The van der Waals surface area contributed by atoms with Crippen LogP contribution in [-0.4, -0.2) is 50.1 Å². The molecule has 8 heteroatoms. The lowest BCUT2D eigenvalue weighted by Gasteiger charge is -2.33. The predicted octanol–water partition coefficient (Wildman–Crippen LogP) is 5.19. The molecule has 2 amide bonds. The average Bonchev–Trinajstić information content (AvgIpc) is 3.40. The Hall–Kier alpha value is -4.43. The summed E-state index contributed by atoms with van der Waals surface area (Å²) in [6.07, 6.45) is 7.31. The van der Waals surface area contributed by atoms with Gasteiger partial charge in [-0.25, -0.2) is 13.8 Å². The highest BCUT2D eigenvalue weighted by atomic mass is 19.1. The van der Waals surface area contributed by atoms with Crippen LogP contribution in [0.4, 0.5) is 8.78 Å². The number of methoxy groups -OCH3 is 1.